The van der Waals surface area contributed by atoms with Crippen molar-refractivity contribution in [3.05, 3.63) is 30.3 Å². The van der Waals surface area contributed by atoms with E-state index in [-0.39, 0.29) is 5.92 Å². The summed E-state index contributed by atoms with van der Waals surface area (Å²) in [5.41, 5.74) is 1.04. The zero-order valence-corrected chi connectivity index (χ0v) is 11.8. The second-order valence-electron chi connectivity index (χ2n) is 5.20. The second kappa shape index (κ2) is 7.29. The van der Waals surface area contributed by atoms with Crippen molar-refractivity contribution >= 4 is 11.6 Å². The molecule has 3 heteroatoms. The monoisotopic (exact) mass is 260 g/mol. The number of rotatable bonds is 5. The van der Waals surface area contributed by atoms with Gasteiger partial charge in [-0.2, -0.15) is 0 Å². The molecule has 104 valence electrons. The van der Waals surface area contributed by atoms with E-state index in [9.17, 15) is 4.79 Å². The number of carbonyl (C=O) groups is 1. The van der Waals surface area contributed by atoms with Gasteiger partial charge in [-0.1, -0.05) is 31.5 Å². The van der Waals surface area contributed by atoms with Gasteiger partial charge in [0.25, 0.3) is 0 Å². The van der Waals surface area contributed by atoms with Crippen LogP contribution < -0.4 is 10.2 Å². The summed E-state index contributed by atoms with van der Waals surface area (Å²) in [7, 11) is 0. The topological polar surface area (TPSA) is 32.3 Å². The highest BCUT2D eigenvalue weighted by molar-refractivity contribution is 5.95. The van der Waals surface area contributed by atoms with Crippen LogP contribution in [0.2, 0.25) is 0 Å². The van der Waals surface area contributed by atoms with Gasteiger partial charge in [-0.05, 0) is 44.5 Å². The molecule has 1 aromatic rings. The van der Waals surface area contributed by atoms with Crippen LogP contribution in [-0.2, 0) is 4.79 Å². The predicted molar refractivity (Wildman–Crippen MR) is 79.3 cm³/mol. The molecule has 1 aliphatic heterocycles. The van der Waals surface area contributed by atoms with E-state index in [1.54, 1.807) is 0 Å². The van der Waals surface area contributed by atoms with E-state index in [0.29, 0.717) is 5.91 Å². The third kappa shape index (κ3) is 3.80. The Hall–Kier alpha value is -1.35. The molecule has 0 bridgehead atoms. The molecule has 3 nitrogen and oxygen atoms in total. The number of piperidine rings is 1. The molecule has 1 fully saturated rings. The van der Waals surface area contributed by atoms with Crippen LogP contribution in [0.3, 0.4) is 0 Å². The fourth-order valence-electron chi connectivity index (χ4n) is 2.58. The molecule has 1 N–H and O–H groups in total. The van der Waals surface area contributed by atoms with Gasteiger partial charge in [-0.3, -0.25) is 4.79 Å². The maximum Gasteiger partial charge on any atom is 0.230 e. The lowest BCUT2D eigenvalue weighted by atomic mass is 9.96. The molecule has 1 amide bonds. The molecular weight excluding hydrogens is 236 g/mol. The minimum Gasteiger partial charge on any atom is -0.317 e. The number of amides is 1. The summed E-state index contributed by atoms with van der Waals surface area (Å²) in [5.74, 6) is 0.500. The maximum atomic E-state index is 12.7. The van der Waals surface area contributed by atoms with Crippen LogP contribution in [-0.4, -0.2) is 25.5 Å². The van der Waals surface area contributed by atoms with E-state index in [4.69, 9.17) is 0 Å². The summed E-state index contributed by atoms with van der Waals surface area (Å²) in [5, 5.41) is 3.32. The van der Waals surface area contributed by atoms with Crippen LogP contribution in [0, 0.1) is 5.92 Å². The van der Waals surface area contributed by atoms with Crippen molar-refractivity contribution in [2.24, 2.45) is 5.92 Å². The number of anilines is 1. The lowest BCUT2D eigenvalue weighted by Gasteiger charge is -2.29. The Morgan fingerprint density at radius 2 is 1.95 bits per heavy atom. The highest BCUT2D eigenvalue weighted by Gasteiger charge is 2.26. The van der Waals surface area contributed by atoms with Gasteiger partial charge in [0.2, 0.25) is 5.91 Å². The minimum atomic E-state index is 0.193. The van der Waals surface area contributed by atoms with E-state index in [1.165, 1.54) is 0 Å². The molecule has 1 saturated heterocycles. The number of para-hydroxylation sites is 1. The summed E-state index contributed by atoms with van der Waals surface area (Å²) < 4.78 is 0. The smallest absolute Gasteiger partial charge is 0.230 e. The first-order chi connectivity index (χ1) is 9.33. The number of unbranched alkanes of at least 4 members (excludes halogenated alkanes) is 1. The number of nitrogens with zero attached hydrogens (tertiary/aromatic N) is 1. The van der Waals surface area contributed by atoms with Crippen molar-refractivity contribution in [1.29, 1.82) is 0 Å². The van der Waals surface area contributed by atoms with Gasteiger partial charge in [0, 0.05) is 18.2 Å². The highest BCUT2D eigenvalue weighted by Crippen LogP contribution is 2.21. The number of benzene rings is 1. The first kappa shape index (κ1) is 14.1. The second-order valence-corrected chi connectivity index (χ2v) is 5.20. The standard InChI is InChI=1S/C16H24N2O/c1-2-3-13-18(15-7-5-4-6-8-15)16(19)14-9-11-17-12-10-14/h4-8,14,17H,2-3,9-13H2,1H3. The summed E-state index contributed by atoms with van der Waals surface area (Å²) in [6.45, 7) is 4.93. The van der Waals surface area contributed by atoms with E-state index >= 15 is 0 Å². The fourth-order valence-corrected chi connectivity index (χ4v) is 2.58. The number of carbonyl (C=O) groups excluding carboxylic acids is 1. The van der Waals surface area contributed by atoms with E-state index < -0.39 is 0 Å². The summed E-state index contributed by atoms with van der Waals surface area (Å²) in [6.07, 6.45) is 4.11. The SMILES string of the molecule is CCCCN(C(=O)C1CCNCC1)c1ccccc1. The molecule has 0 aromatic heterocycles. The van der Waals surface area contributed by atoms with Gasteiger partial charge in [0.05, 0.1) is 0 Å². The quantitative estimate of drug-likeness (QED) is 0.883. The van der Waals surface area contributed by atoms with Crippen molar-refractivity contribution in [3.8, 4) is 0 Å². The Balaban J connectivity index is 2.10. The molecule has 0 radical (unpaired) electrons. The van der Waals surface area contributed by atoms with Crippen molar-refractivity contribution in [2.45, 2.75) is 32.6 Å². The summed E-state index contributed by atoms with van der Waals surface area (Å²) >= 11 is 0. The maximum absolute atomic E-state index is 12.7. The molecule has 2 rings (SSSR count). The van der Waals surface area contributed by atoms with Gasteiger partial charge in [-0.15, -0.1) is 0 Å². The van der Waals surface area contributed by atoms with Crippen molar-refractivity contribution < 1.29 is 4.79 Å². The fraction of sp³-hybridized carbons (Fsp3) is 0.562. The van der Waals surface area contributed by atoms with E-state index in [0.717, 1.165) is 51.0 Å². The number of nitrogens with one attached hydrogen (secondary N) is 1. The van der Waals surface area contributed by atoms with Crippen molar-refractivity contribution in [2.75, 3.05) is 24.5 Å². The Morgan fingerprint density at radius 3 is 2.58 bits per heavy atom. The molecule has 1 heterocycles. The molecular formula is C16H24N2O. The number of hydrogen-bond donors (Lipinski definition) is 1. The molecule has 0 saturated carbocycles. The molecule has 1 aromatic carbocycles. The number of hydrogen-bond acceptors (Lipinski definition) is 2. The lowest BCUT2D eigenvalue weighted by Crippen LogP contribution is -2.41. The third-order valence-electron chi connectivity index (χ3n) is 3.76. The molecule has 1 aliphatic rings. The average Bonchev–Trinajstić information content (AvgIpc) is 2.49. The van der Waals surface area contributed by atoms with Crippen LogP contribution in [0.15, 0.2) is 30.3 Å². The van der Waals surface area contributed by atoms with Gasteiger partial charge >= 0.3 is 0 Å². The zero-order valence-electron chi connectivity index (χ0n) is 11.8. The van der Waals surface area contributed by atoms with Crippen LogP contribution in [0.1, 0.15) is 32.6 Å². The lowest BCUT2D eigenvalue weighted by molar-refractivity contribution is -0.123. The van der Waals surface area contributed by atoms with Crippen LogP contribution in [0.5, 0.6) is 0 Å². The zero-order chi connectivity index (χ0) is 13.5. The Labute approximate surface area is 116 Å². The Kier molecular flexibility index (Phi) is 5.40. The predicted octanol–water partition coefficient (Wildman–Crippen LogP) is 2.82. The first-order valence-electron chi connectivity index (χ1n) is 7.40. The van der Waals surface area contributed by atoms with Crippen LogP contribution in [0.25, 0.3) is 0 Å². The van der Waals surface area contributed by atoms with Crippen molar-refractivity contribution in [1.82, 2.24) is 5.32 Å². The molecule has 0 unspecified atom stereocenters. The average molecular weight is 260 g/mol. The summed E-state index contributed by atoms with van der Waals surface area (Å²) in [6, 6.07) is 10.1. The molecule has 19 heavy (non-hydrogen) atoms. The van der Waals surface area contributed by atoms with Gasteiger partial charge in [0.15, 0.2) is 0 Å². The van der Waals surface area contributed by atoms with Gasteiger partial charge < -0.3 is 10.2 Å². The minimum absolute atomic E-state index is 0.193. The third-order valence-corrected chi connectivity index (χ3v) is 3.76. The van der Waals surface area contributed by atoms with Crippen LogP contribution >= 0.6 is 0 Å². The first-order valence-corrected chi connectivity index (χ1v) is 7.40. The summed E-state index contributed by atoms with van der Waals surface area (Å²) in [4.78, 5) is 14.7. The van der Waals surface area contributed by atoms with Crippen LogP contribution in [0.4, 0.5) is 5.69 Å². The molecule has 0 spiro atoms. The Bertz CT molecular complexity index is 385. The molecule has 0 aliphatic carbocycles. The van der Waals surface area contributed by atoms with Crippen molar-refractivity contribution in [3.63, 3.8) is 0 Å². The Morgan fingerprint density at radius 1 is 1.26 bits per heavy atom. The van der Waals surface area contributed by atoms with E-state index in [1.807, 2.05) is 35.2 Å². The van der Waals surface area contributed by atoms with Gasteiger partial charge in [0.1, 0.15) is 0 Å². The molecule has 0 atom stereocenters. The van der Waals surface area contributed by atoms with Gasteiger partial charge in [-0.25, -0.2) is 0 Å². The normalized spacial score (nSPS) is 16.3. The highest BCUT2D eigenvalue weighted by atomic mass is 16.2. The van der Waals surface area contributed by atoms with E-state index in [2.05, 4.69) is 12.2 Å². The largest absolute Gasteiger partial charge is 0.317 e.